The molecular weight excluding hydrogens is 522 g/mol. The molecule has 0 aliphatic rings. The summed E-state index contributed by atoms with van der Waals surface area (Å²) < 4.78 is 19.8. The summed E-state index contributed by atoms with van der Waals surface area (Å²) in [4.78, 5) is 7.47. The average Bonchev–Trinajstić information content (AvgIpc) is 3.38. The highest BCUT2D eigenvalue weighted by molar-refractivity contribution is 5.78. The van der Waals surface area contributed by atoms with Gasteiger partial charge in [-0.1, -0.05) is 51.5 Å². The molecule has 0 saturated heterocycles. The van der Waals surface area contributed by atoms with Crippen LogP contribution < -0.4 is 14.2 Å². The molecule has 6 nitrogen and oxygen atoms in total. The maximum atomic E-state index is 6.14. The Balaban J connectivity index is 1.29. The van der Waals surface area contributed by atoms with Crippen LogP contribution in [0, 0.1) is 0 Å². The van der Waals surface area contributed by atoms with Crippen LogP contribution in [0.15, 0.2) is 66.7 Å². The van der Waals surface area contributed by atoms with Crippen molar-refractivity contribution < 1.29 is 14.2 Å². The number of fused-ring (bicyclic) bond motifs is 1. The minimum absolute atomic E-state index is 0.703. The third-order valence-corrected chi connectivity index (χ3v) is 7.91. The monoisotopic (exact) mass is 571 g/mol. The molecule has 0 unspecified atom stereocenters. The summed E-state index contributed by atoms with van der Waals surface area (Å²) in [6.07, 6.45) is 7.15. The lowest BCUT2D eigenvalue weighted by atomic mass is 10.1. The fourth-order valence-corrected chi connectivity index (χ4v) is 5.28. The van der Waals surface area contributed by atoms with Crippen LogP contribution in [0.1, 0.15) is 63.4 Å². The number of rotatable bonds is 19. The maximum Gasteiger partial charge on any atom is 0.121 e. The van der Waals surface area contributed by atoms with E-state index >= 15 is 0 Å². The first-order valence-corrected chi connectivity index (χ1v) is 15.8. The van der Waals surface area contributed by atoms with Crippen LogP contribution in [0.3, 0.4) is 0 Å². The lowest BCUT2D eigenvalue weighted by molar-refractivity contribution is 0.249. The molecule has 0 aliphatic heterocycles. The molecular formula is C36H49N3O3. The minimum atomic E-state index is 0.703. The summed E-state index contributed by atoms with van der Waals surface area (Å²) in [5, 5.41) is 0. The minimum Gasteiger partial charge on any atom is -0.497 e. The second-order valence-electron chi connectivity index (χ2n) is 10.9. The molecule has 42 heavy (non-hydrogen) atoms. The molecule has 226 valence electrons. The molecule has 0 saturated carbocycles. The standard InChI is InChI=1S/C36H49N3O3/c1-5-8-25-39-35-28-33(42-27-10-24-38(6-2)7-3)21-22-34(35)37-36(39)23-16-30-14-19-32(20-15-30)41-26-9-11-29-12-17-31(40-4)18-13-29/h12-15,17-22,28H,5-11,16,23-27H2,1-4H3. The number of aryl methyl sites for hydroxylation is 4. The van der Waals surface area contributed by atoms with Gasteiger partial charge in [-0.3, -0.25) is 0 Å². The number of nitrogens with zero attached hydrogens (tertiary/aromatic N) is 3. The fourth-order valence-electron chi connectivity index (χ4n) is 5.28. The number of benzene rings is 3. The Labute approximate surface area is 252 Å². The van der Waals surface area contributed by atoms with E-state index in [0.717, 1.165) is 106 Å². The zero-order valence-corrected chi connectivity index (χ0v) is 26.1. The summed E-state index contributed by atoms with van der Waals surface area (Å²) in [5.74, 6) is 3.90. The van der Waals surface area contributed by atoms with Gasteiger partial charge < -0.3 is 23.7 Å². The molecule has 1 aromatic heterocycles. The Bertz CT molecular complexity index is 1330. The van der Waals surface area contributed by atoms with E-state index in [1.54, 1.807) is 7.11 Å². The molecule has 0 bridgehead atoms. The van der Waals surface area contributed by atoms with E-state index < -0.39 is 0 Å². The second kappa shape index (κ2) is 16.8. The lowest BCUT2D eigenvalue weighted by Gasteiger charge is -2.17. The number of aromatic nitrogens is 2. The summed E-state index contributed by atoms with van der Waals surface area (Å²) >= 11 is 0. The normalized spacial score (nSPS) is 11.4. The Morgan fingerprint density at radius 2 is 1.33 bits per heavy atom. The Morgan fingerprint density at radius 1 is 0.690 bits per heavy atom. The maximum absolute atomic E-state index is 6.14. The highest BCUT2D eigenvalue weighted by Gasteiger charge is 2.12. The van der Waals surface area contributed by atoms with Crippen LogP contribution in [-0.2, 0) is 25.8 Å². The number of methoxy groups -OCH3 is 1. The number of imidazole rings is 1. The van der Waals surface area contributed by atoms with Crippen LogP contribution >= 0.6 is 0 Å². The zero-order valence-electron chi connectivity index (χ0n) is 26.1. The van der Waals surface area contributed by atoms with Crippen LogP contribution in [0.4, 0.5) is 0 Å². The summed E-state index contributed by atoms with van der Waals surface area (Å²) in [6.45, 7) is 12.3. The SMILES string of the molecule is CCCCn1c(CCc2ccc(OCCCc3ccc(OC)cc3)cc2)nc2ccc(OCCCN(CC)CC)cc21. The summed E-state index contributed by atoms with van der Waals surface area (Å²) in [6, 6.07) is 23.2. The number of unbranched alkanes of at least 4 members (excludes halogenated alkanes) is 1. The molecule has 0 amide bonds. The van der Waals surface area contributed by atoms with E-state index in [-0.39, 0.29) is 0 Å². The van der Waals surface area contributed by atoms with Gasteiger partial charge in [-0.25, -0.2) is 4.98 Å². The molecule has 4 rings (SSSR count). The van der Waals surface area contributed by atoms with Gasteiger partial charge in [0.25, 0.3) is 0 Å². The average molecular weight is 572 g/mol. The van der Waals surface area contributed by atoms with Crippen molar-refractivity contribution in [2.75, 3.05) is 40.0 Å². The van der Waals surface area contributed by atoms with Gasteiger partial charge in [-0.2, -0.15) is 0 Å². The number of ether oxygens (including phenoxy) is 3. The first-order valence-electron chi connectivity index (χ1n) is 15.8. The van der Waals surface area contributed by atoms with E-state index in [9.17, 15) is 0 Å². The van der Waals surface area contributed by atoms with Crippen LogP contribution in [-0.4, -0.2) is 54.4 Å². The largest absolute Gasteiger partial charge is 0.497 e. The molecule has 0 fully saturated rings. The molecule has 0 spiro atoms. The van der Waals surface area contributed by atoms with Crippen molar-refractivity contribution in [2.24, 2.45) is 0 Å². The fraction of sp³-hybridized carbons (Fsp3) is 0.472. The van der Waals surface area contributed by atoms with Gasteiger partial charge >= 0.3 is 0 Å². The summed E-state index contributed by atoms with van der Waals surface area (Å²) in [7, 11) is 1.69. The lowest BCUT2D eigenvalue weighted by Crippen LogP contribution is -2.25. The van der Waals surface area contributed by atoms with E-state index in [1.165, 1.54) is 16.6 Å². The predicted octanol–water partition coefficient (Wildman–Crippen LogP) is 7.75. The third kappa shape index (κ3) is 9.25. The molecule has 0 N–H and O–H groups in total. The first kappa shape index (κ1) is 31.4. The first-order chi connectivity index (χ1) is 20.6. The Hall–Kier alpha value is -3.51. The molecule has 3 aromatic carbocycles. The topological polar surface area (TPSA) is 48.8 Å². The van der Waals surface area contributed by atoms with E-state index in [1.807, 2.05) is 12.1 Å². The van der Waals surface area contributed by atoms with Gasteiger partial charge in [-0.05, 0) is 92.7 Å². The van der Waals surface area contributed by atoms with E-state index in [0.29, 0.717) is 6.61 Å². The van der Waals surface area contributed by atoms with Gasteiger partial charge in [0, 0.05) is 25.6 Å². The Morgan fingerprint density at radius 3 is 2.02 bits per heavy atom. The molecule has 4 aromatic rings. The van der Waals surface area contributed by atoms with Gasteiger partial charge in [-0.15, -0.1) is 0 Å². The van der Waals surface area contributed by atoms with Gasteiger partial charge in [0.2, 0.25) is 0 Å². The molecule has 6 heteroatoms. The Kier molecular flexibility index (Phi) is 12.6. The van der Waals surface area contributed by atoms with Gasteiger partial charge in [0.15, 0.2) is 0 Å². The van der Waals surface area contributed by atoms with Crippen molar-refractivity contribution in [3.8, 4) is 17.2 Å². The smallest absolute Gasteiger partial charge is 0.121 e. The van der Waals surface area contributed by atoms with Gasteiger partial charge in [0.05, 0.1) is 31.4 Å². The quantitative estimate of drug-likeness (QED) is 0.108. The number of hydrogen-bond acceptors (Lipinski definition) is 5. The molecule has 0 radical (unpaired) electrons. The predicted molar refractivity (Wildman–Crippen MR) is 173 cm³/mol. The van der Waals surface area contributed by atoms with Crippen LogP contribution in [0.25, 0.3) is 11.0 Å². The third-order valence-electron chi connectivity index (χ3n) is 7.91. The van der Waals surface area contributed by atoms with Crippen molar-refractivity contribution >= 4 is 11.0 Å². The number of hydrogen-bond donors (Lipinski definition) is 0. The van der Waals surface area contributed by atoms with Crippen molar-refractivity contribution in [3.05, 3.63) is 83.7 Å². The van der Waals surface area contributed by atoms with Crippen molar-refractivity contribution in [3.63, 3.8) is 0 Å². The highest BCUT2D eigenvalue weighted by atomic mass is 16.5. The molecule has 0 aliphatic carbocycles. The van der Waals surface area contributed by atoms with E-state index in [4.69, 9.17) is 19.2 Å². The molecule has 0 atom stereocenters. The van der Waals surface area contributed by atoms with Crippen LogP contribution in [0.5, 0.6) is 17.2 Å². The van der Waals surface area contributed by atoms with E-state index in [2.05, 4.69) is 84.8 Å². The van der Waals surface area contributed by atoms with Crippen LogP contribution in [0.2, 0.25) is 0 Å². The van der Waals surface area contributed by atoms with Crippen molar-refractivity contribution in [1.82, 2.24) is 14.5 Å². The van der Waals surface area contributed by atoms with Crippen molar-refractivity contribution in [1.29, 1.82) is 0 Å². The molecule has 1 heterocycles. The van der Waals surface area contributed by atoms with Crippen molar-refractivity contribution in [2.45, 2.75) is 72.3 Å². The summed E-state index contributed by atoms with van der Waals surface area (Å²) in [5.41, 5.74) is 4.83. The van der Waals surface area contributed by atoms with Gasteiger partial charge in [0.1, 0.15) is 23.1 Å². The second-order valence-corrected chi connectivity index (χ2v) is 10.9. The zero-order chi connectivity index (χ0) is 29.6. The highest BCUT2D eigenvalue weighted by Crippen LogP contribution is 2.24.